The summed E-state index contributed by atoms with van der Waals surface area (Å²) >= 11 is 0. The summed E-state index contributed by atoms with van der Waals surface area (Å²) in [7, 11) is 1.30. The van der Waals surface area contributed by atoms with E-state index in [1.54, 1.807) is 19.9 Å². The van der Waals surface area contributed by atoms with Crippen LogP contribution >= 0.6 is 0 Å². The minimum Gasteiger partial charge on any atom is -0.469 e. The Morgan fingerprint density at radius 3 is 2.71 bits per heavy atom. The van der Waals surface area contributed by atoms with Gasteiger partial charge in [-0.1, -0.05) is 0 Å². The molecule has 1 aromatic carbocycles. The second-order valence-corrected chi connectivity index (χ2v) is 5.60. The van der Waals surface area contributed by atoms with Gasteiger partial charge in [0.2, 0.25) is 5.91 Å². The van der Waals surface area contributed by atoms with Crippen molar-refractivity contribution < 1.29 is 19.2 Å². The third-order valence-corrected chi connectivity index (χ3v) is 3.50. The second kappa shape index (κ2) is 5.16. The molecular weight excluding hydrogens is 276 g/mol. The molecule has 0 bridgehead atoms. The maximum absolute atomic E-state index is 12.1. The van der Waals surface area contributed by atoms with Gasteiger partial charge in [0.05, 0.1) is 23.9 Å². The van der Waals surface area contributed by atoms with Crippen LogP contribution in [0.3, 0.4) is 0 Å². The van der Waals surface area contributed by atoms with Crippen molar-refractivity contribution in [3.05, 3.63) is 33.9 Å². The predicted molar refractivity (Wildman–Crippen MR) is 75.0 cm³/mol. The highest BCUT2D eigenvalue weighted by atomic mass is 16.6. The van der Waals surface area contributed by atoms with E-state index in [0.29, 0.717) is 11.3 Å². The summed E-state index contributed by atoms with van der Waals surface area (Å²) in [4.78, 5) is 35.6. The summed E-state index contributed by atoms with van der Waals surface area (Å²) in [6.45, 7) is 3.55. The van der Waals surface area contributed by atoms with Crippen LogP contribution in [0.25, 0.3) is 0 Å². The highest BCUT2D eigenvalue weighted by Gasteiger charge is 2.37. The number of esters is 1. The molecule has 0 saturated heterocycles. The van der Waals surface area contributed by atoms with Crippen LogP contribution in [0.4, 0.5) is 11.4 Å². The van der Waals surface area contributed by atoms with Gasteiger partial charge in [-0.15, -0.1) is 0 Å². The number of amides is 1. The van der Waals surface area contributed by atoms with E-state index in [-0.39, 0.29) is 24.6 Å². The maximum atomic E-state index is 12.1. The molecule has 0 unspecified atom stereocenters. The lowest BCUT2D eigenvalue weighted by Crippen LogP contribution is -2.41. The highest BCUT2D eigenvalue weighted by molar-refractivity contribution is 6.02. The average Bonchev–Trinajstić information content (AvgIpc) is 2.72. The van der Waals surface area contributed by atoms with Crippen LogP contribution in [0.5, 0.6) is 0 Å². The Morgan fingerprint density at radius 1 is 1.48 bits per heavy atom. The molecule has 7 nitrogen and oxygen atoms in total. The van der Waals surface area contributed by atoms with Gasteiger partial charge in [0.15, 0.2) is 0 Å². The molecule has 1 amide bonds. The molecule has 1 aliphatic rings. The van der Waals surface area contributed by atoms with Gasteiger partial charge in [-0.25, -0.2) is 0 Å². The number of non-ortho nitro benzene ring substituents is 1. The SMILES string of the molecule is COC(=O)C(C)(C)CN1C(=O)Cc2cc([N+](=O)[O-])ccc21. The van der Waals surface area contributed by atoms with Gasteiger partial charge in [0, 0.05) is 24.4 Å². The number of nitro groups is 1. The van der Waals surface area contributed by atoms with E-state index in [1.165, 1.54) is 24.1 Å². The fourth-order valence-electron chi connectivity index (χ4n) is 2.39. The number of fused-ring (bicyclic) bond motifs is 1. The molecule has 7 heteroatoms. The summed E-state index contributed by atoms with van der Waals surface area (Å²) in [6, 6.07) is 4.31. The number of nitro benzene ring substituents is 1. The van der Waals surface area contributed by atoms with Gasteiger partial charge in [-0.2, -0.15) is 0 Å². The lowest BCUT2D eigenvalue weighted by atomic mass is 9.93. The van der Waals surface area contributed by atoms with Gasteiger partial charge in [-0.05, 0) is 25.5 Å². The number of methoxy groups -OCH3 is 1. The molecule has 0 aromatic heterocycles. The molecule has 2 rings (SSSR count). The van der Waals surface area contributed by atoms with E-state index in [2.05, 4.69) is 0 Å². The third-order valence-electron chi connectivity index (χ3n) is 3.50. The third kappa shape index (κ3) is 2.72. The molecule has 0 saturated carbocycles. The Hall–Kier alpha value is -2.44. The smallest absolute Gasteiger partial charge is 0.313 e. The van der Waals surface area contributed by atoms with Crippen molar-refractivity contribution in [3.63, 3.8) is 0 Å². The Labute approximate surface area is 121 Å². The molecule has 0 aliphatic carbocycles. The molecule has 1 heterocycles. The first-order chi connectivity index (χ1) is 9.76. The van der Waals surface area contributed by atoms with E-state index >= 15 is 0 Å². The van der Waals surface area contributed by atoms with E-state index in [4.69, 9.17) is 4.74 Å². The van der Waals surface area contributed by atoms with Gasteiger partial charge in [0.1, 0.15) is 0 Å². The van der Waals surface area contributed by atoms with Crippen molar-refractivity contribution in [1.82, 2.24) is 0 Å². The van der Waals surface area contributed by atoms with Crippen LogP contribution in [0.15, 0.2) is 18.2 Å². The molecular formula is C14H16N2O5. The van der Waals surface area contributed by atoms with Crippen molar-refractivity contribution in [1.29, 1.82) is 0 Å². The predicted octanol–water partition coefficient (Wildman–Crippen LogP) is 1.68. The lowest BCUT2D eigenvalue weighted by Gasteiger charge is -2.28. The van der Waals surface area contributed by atoms with Gasteiger partial charge in [-0.3, -0.25) is 19.7 Å². The van der Waals surface area contributed by atoms with Crippen LogP contribution in [0, 0.1) is 15.5 Å². The minimum atomic E-state index is -0.853. The Bertz CT molecular complexity index is 624. The largest absolute Gasteiger partial charge is 0.469 e. The molecule has 0 atom stereocenters. The molecule has 1 aromatic rings. The standard InChI is InChI=1S/C14H16N2O5/c1-14(2,13(18)21-3)8-15-11-5-4-10(16(19)20)6-9(11)7-12(15)17/h4-6H,7-8H2,1-3H3. The summed E-state index contributed by atoms with van der Waals surface area (Å²) in [6.07, 6.45) is 0.105. The number of carbonyl (C=O) groups excluding carboxylic acids is 2. The van der Waals surface area contributed by atoms with Gasteiger partial charge >= 0.3 is 5.97 Å². The Balaban J connectivity index is 2.31. The second-order valence-electron chi connectivity index (χ2n) is 5.60. The van der Waals surface area contributed by atoms with Crippen molar-refractivity contribution >= 4 is 23.3 Å². The number of nitrogens with zero attached hydrogens (tertiary/aromatic N) is 2. The highest BCUT2D eigenvalue weighted by Crippen LogP contribution is 2.34. The molecule has 0 spiro atoms. The summed E-state index contributed by atoms with van der Waals surface area (Å²) in [5, 5.41) is 10.8. The first kappa shape index (κ1) is 15.0. The first-order valence-corrected chi connectivity index (χ1v) is 6.42. The first-order valence-electron chi connectivity index (χ1n) is 6.42. The fraction of sp³-hybridized carbons (Fsp3) is 0.429. The van der Waals surface area contributed by atoms with Crippen molar-refractivity contribution in [2.75, 3.05) is 18.6 Å². The summed E-state index contributed by atoms with van der Waals surface area (Å²) in [5.74, 6) is -0.590. The zero-order valence-corrected chi connectivity index (χ0v) is 12.1. The number of ether oxygens (including phenoxy) is 1. The van der Waals surface area contributed by atoms with Crippen LogP contribution in [0.1, 0.15) is 19.4 Å². The summed E-state index contributed by atoms with van der Waals surface area (Å²) < 4.78 is 4.73. The zero-order valence-electron chi connectivity index (χ0n) is 12.1. The molecule has 0 N–H and O–H groups in total. The maximum Gasteiger partial charge on any atom is 0.313 e. The molecule has 21 heavy (non-hydrogen) atoms. The average molecular weight is 292 g/mol. The number of carbonyl (C=O) groups is 2. The number of hydrogen-bond donors (Lipinski definition) is 0. The number of hydrogen-bond acceptors (Lipinski definition) is 5. The monoisotopic (exact) mass is 292 g/mol. The van der Waals surface area contributed by atoms with E-state index < -0.39 is 16.3 Å². The molecule has 0 radical (unpaired) electrons. The normalized spacial score (nSPS) is 14.0. The van der Waals surface area contributed by atoms with E-state index in [1.807, 2.05) is 0 Å². The van der Waals surface area contributed by atoms with Crippen molar-refractivity contribution in [2.24, 2.45) is 5.41 Å². The van der Waals surface area contributed by atoms with Crippen LogP contribution < -0.4 is 4.90 Å². The van der Waals surface area contributed by atoms with Crippen molar-refractivity contribution in [2.45, 2.75) is 20.3 Å². The van der Waals surface area contributed by atoms with Crippen LogP contribution in [-0.4, -0.2) is 30.5 Å². The van der Waals surface area contributed by atoms with Crippen molar-refractivity contribution in [3.8, 4) is 0 Å². The number of rotatable bonds is 4. The zero-order chi connectivity index (χ0) is 15.8. The lowest BCUT2D eigenvalue weighted by molar-refractivity contribution is -0.384. The van der Waals surface area contributed by atoms with Gasteiger partial charge < -0.3 is 9.64 Å². The summed E-state index contributed by atoms with van der Waals surface area (Å²) in [5.41, 5.74) is 0.321. The minimum absolute atomic E-state index is 0.0457. The molecule has 0 fully saturated rings. The molecule has 112 valence electrons. The number of benzene rings is 1. The van der Waals surface area contributed by atoms with E-state index in [0.717, 1.165) is 0 Å². The van der Waals surface area contributed by atoms with E-state index in [9.17, 15) is 19.7 Å². The Kier molecular flexibility index (Phi) is 3.67. The number of anilines is 1. The van der Waals surface area contributed by atoms with Crippen LogP contribution in [0.2, 0.25) is 0 Å². The van der Waals surface area contributed by atoms with Gasteiger partial charge in [0.25, 0.3) is 5.69 Å². The topological polar surface area (TPSA) is 89.8 Å². The van der Waals surface area contributed by atoms with Crippen LogP contribution in [-0.2, 0) is 20.7 Å². The molecule has 1 aliphatic heterocycles. The Morgan fingerprint density at radius 2 is 2.14 bits per heavy atom. The fourth-order valence-corrected chi connectivity index (χ4v) is 2.39. The quantitative estimate of drug-likeness (QED) is 0.478.